The molecule has 10 nitrogen and oxygen atoms in total. The fourth-order valence-corrected chi connectivity index (χ4v) is 5.96. The zero-order chi connectivity index (χ0) is 31.8. The number of sulfonamides is 1. The lowest BCUT2D eigenvalue weighted by Gasteiger charge is -2.23. The Morgan fingerprint density at radius 1 is 0.889 bits per heavy atom. The van der Waals surface area contributed by atoms with Gasteiger partial charge in [0.1, 0.15) is 11.6 Å². The largest absolute Gasteiger partial charge is 0.335 e. The first kappa shape index (κ1) is 31.6. The Kier molecular flexibility index (Phi) is 10.0. The molecule has 0 aliphatic rings. The molecule has 0 fully saturated rings. The van der Waals surface area contributed by atoms with Gasteiger partial charge in [0.15, 0.2) is 5.82 Å². The van der Waals surface area contributed by atoms with E-state index in [9.17, 15) is 22.0 Å². The maximum atomic E-state index is 13.7. The summed E-state index contributed by atoms with van der Waals surface area (Å²) >= 11 is 1.00. The van der Waals surface area contributed by atoms with E-state index in [-0.39, 0.29) is 28.7 Å². The SMILES string of the molecule is CS(=O)(=O)Nc1ccc(-c2nsc(NC(=O)NC(CCC(c3ccc(F)cc3)c3ccc(F)cc3)Cc3cnccn3)n2)cc1. The molecular weight excluding hydrogens is 621 g/mol. The van der Waals surface area contributed by atoms with Gasteiger partial charge in [-0.25, -0.2) is 22.0 Å². The van der Waals surface area contributed by atoms with Crippen molar-refractivity contribution >= 4 is 38.4 Å². The number of amides is 2. The molecular formula is C31H29F2N7O3S2. The number of hydrogen-bond acceptors (Lipinski definition) is 8. The van der Waals surface area contributed by atoms with Gasteiger partial charge < -0.3 is 5.32 Å². The van der Waals surface area contributed by atoms with Crippen molar-refractivity contribution in [2.45, 2.75) is 31.2 Å². The van der Waals surface area contributed by atoms with Crippen molar-refractivity contribution in [3.05, 3.63) is 120 Å². The third-order valence-electron chi connectivity index (χ3n) is 6.85. The molecule has 5 rings (SSSR count). The zero-order valence-electron chi connectivity index (χ0n) is 24.0. The van der Waals surface area contributed by atoms with E-state index < -0.39 is 16.1 Å². The summed E-state index contributed by atoms with van der Waals surface area (Å²) in [5.74, 6) is -0.503. The van der Waals surface area contributed by atoms with E-state index in [1.807, 2.05) is 0 Å². The van der Waals surface area contributed by atoms with Crippen LogP contribution in [0.4, 0.5) is 24.4 Å². The fourth-order valence-electron chi connectivity index (χ4n) is 4.81. The fraction of sp³-hybridized carbons (Fsp3) is 0.194. The minimum Gasteiger partial charge on any atom is -0.335 e. The van der Waals surface area contributed by atoms with Gasteiger partial charge in [0.25, 0.3) is 0 Å². The molecule has 0 saturated carbocycles. The summed E-state index contributed by atoms with van der Waals surface area (Å²) in [5, 5.41) is 6.02. The molecule has 0 saturated heterocycles. The first-order valence-electron chi connectivity index (χ1n) is 13.9. The van der Waals surface area contributed by atoms with Gasteiger partial charge in [-0.3, -0.25) is 20.0 Å². The average Bonchev–Trinajstić information content (AvgIpc) is 3.47. The Morgan fingerprint density at radius 2 is 1.53 bits per heavy atom. The second-order valence-electron chi connectivity index (χ2n) is 10.3. The molecule has 2 heterocycles. The number of halogens is 2. The minimum atomic E-state index is -3.40. The highest BCUT2D eigenvalue weighted by Crippen LogP contribution is 2.31. The number of nitrogens with one attached hydrogen (secondary N) is 3. The topological polar surface area (TPSA) is 139 Å². The Balaban J connectivity index is 1.28. The molecule has 1 unspecified atom stereocenters. The monoisotopic (exact) mass is 649 g/mol. The van der Waals surface area contributed by atoms with Gasteiger partial charge in [0.05, 0.1) is 11.9 Å². The van der Waals surface area contributed by atoms with Crippen LogP contribution in [0.15, 0.2) is 91.4 Å². The predicted octanol–water partition coefficient (Wildman–Crippen LogP) is 5.99. The molecule has 45 heavy (non-hydrogen) atoms. The molecule has 0 radical (unpaired) electrons. The van der Waals surface area contributed by atoms with E-state index in [1.54, 1.807) is 67.1 Å². The third kappa shape index (κ3) is 9.33. The van der Waals surface area contributed by atoms with E-state index in [2.05, 4.69) is 34.7 Å². The van der Waals surface area contributed by atoms with Crippen LogP contribution >= 0.6 is 11.5 Å². The van der Waals surface area contributed by atoms with Crippen LogP contribution in [-0.2, 0) is 16.4 Å². The zero-order valence-corrected chi connectivity index (χ0v) is 25.7. The van der Waals surface area contributed by atoms with Crippen molar-refractivity contribution in [1.29, 1.82) is 0 Å². The molecule has 2 aromatic heterocycles. The highest BCUT2D eigenvalue weighted by molar-refractivity contribution is 7.92. The van der Waals surface area contributed by atoms with Crippen molar-refractivity contribution < 1.29 is 22.0 Å². The molecule has 0 bridgehead atoms. The van der Waals surface area contributed by atoms with Gasteiger partial charge in [-0.1, -0.05) is 24.3 Å². The molecule has 0 aliphatic heterocycles. The maximum absolute atomic E-state index is 13.7. The number of rotatable bonds is 12. The van der Waals surface area contributed by atoms with Crippen molar-refractivity contribution in [3.63, 3.8) is 0 Å². The van der Waals surface area contributed by atoms with Crippen LogP contribution < -0.4 is 15.4 Å². The number of anilines is 2. The van der Waals surface area contributed by atoms with Crippen molar-refractivity contribution in [3.8, 4) is 11.4 Å². The number of carbonyl (C=O) groups excluding carboxylic acids is 1. The van der Waals surface area contributed by atoms with Crippen LogP contribution in [0.3, 0.4) is 0 Å². The smallest absolute Gasteiger partial charge is 0.321 e. The predicted molar refractivity (Wildman–Crippen MR) is 169 cm³/mol. The number of urea groups is 1. The molecule has 232 valence electrons. The van der Waals surface area contributed by atoms with Crippen LogP contribution in [0.1, 0.15) is 35.6 Å². The molecule has 0 spiro atoms. The van der Waals surface area contributed by atoms with Crippen molar-refractivity contribution in [2.75, 3.05) is 16.3 Å². The summed E-state index contributed by atoms with van der Waals surface area (Å²) in [5.41, 5.74) is 3.48. The summed E-state index contributed by atoms with van der Waals surface area (Å²) < 4.78 is 57.0. The highest BCUT2D eigenvalue weighted by Gasteiger charge is 2.21. The van der Waals surface area contributed by atoms with E-state index in [4.69, 9.17) is 0 Å². The molecule has 1 atom stereocenters. The Morgan fingerprint density at radius 3 is 2.11 bits per heavy atom. The second-order valence-corrected chi connectivity index (χ2v) is 12.8. The third-order valence-corrected chi connectivity index (χ3v) is 8.09. The molecule has 14 heteroatoms. The minimum absolute atomic E-state index is 0.176. The first-order valence-corrected chi connectivity index (χ1v) is 16.5. The average molecular weight is 650 g/mol. The number of benzene rings is 3. The normalized spacial score (nSPS) is 12.1. The molecule has 3 aromatic carbocycles. The molecule has 0 aliphatic carbocycles. The van der Waals surface area contributed by atoms with E-state index in [0.29, 0.717) is 42.0 Å². The standard InChI is InChI=1S/C31H29F2N7O3S2/c1-45(42,43)40-25-12-6-22(7-13-25)29-37-31(44-39-29)38-30(41)36-26(18-27-19-34-16-17-35-27)14-15-28(20-2-8-23(32)9-3-20)21-4-10-24(33)11-5-21/h2-13,16-17,19,26,28,40H,14-15,18H2,1H3,(H2,36,37,38,39,41). The summed E-state index contributed by atoms with van der Waals surface area (Å²) in [7, 11) is -3.40. The van der Waals surface area contributed by atoms with E-state index >= 15 is 0 Å². The van der Waals surface area contributed by atoms with Crippen LogP contribution in [0.5, 0.6) is 0 Å². The van der Waals surface area contributed by atoms with Gasteiger partial charge in [0, 0.05) is 59.8 Å². The Bertz CT molecular complexity index is 1780. The van der Waals surface area contributed by atoms with Crippen LogP contribution in [-0.4, -0.2) is 46.1 Å². The number of aromatic nitrogens is 4. The first-order chi connectivity index (χ1) is 21.6. The summed E-state index contributed by atoms with van der Waals surface area (Å²) in [4.78, 5) is 26.0. The second kappa shape index (κ2) is 14.3. The lowest BCUT2D eigenvalue weighted by Crippen LogP contribution is -2.39. The lowest BCUT2D eigenvalue weighted by molar-refractivity contribution is 0.247. The Hall–Kier alpha value is -4.82. The van der Waals surface area contributed by atoms with E-state index in [0.717, 1.165) is 28.9 Å². The lowest BCUT2D eigenvalue weighted by atomic mass is 9.86. The van der Waals surface area contributed by atoms with E-state index in [1.165, 1.54) is 24.3 Å². The quantitative estimate of drug-likeness (QED) is 0.151. The molecule has 5 aromatic rings. The van der Waals surface area contributed by atoms with Crippen LogP contribution in [0.25, 0.3) is 11.4 Å². The summed E-state index contributed by atoms with van der Waals surface area (Å²) in [6.07, 6.45) is 7.33. The summed E-state index contributed by atoms with van der Waals surface area (Å²) in [6.45, 7) is 0. The van der Waals surface area contributed by atoms with Gasteiger partial charge >= 0.3 is 6.03 Å². The van der Waals surface area contributed by atoms with Crippen molar-refractivity contribution in [1.82, 2.24) is 24.6 Å². The molecule has 2 amide bonds. The highest BCUT2D eigenvalue weighted by atomic mass is 32.2. The van der Waals surface area contributed by atoms with Gasteiger partial charge in [-0.05, 0) is 72.5 Å². The maximum Gasteiger partial charge on any atom is 0.321 e. The number of carbonyl (C=O) groups is 1. The van der Waals surface area contributed by atoms with Gasteiger partial charge in [-0.15, -0.1) is 0 Å². The Labute approximate surface area is 263 Å². The van der Waals surface area contributed by atoms with Crippen LogP contribution in [0, 0.1) is 11.6 Å². The van der Waals surface area contributed by atoms with Crippen molar-refractivity contribution in [2.24, 2.45) is 0 Å². The molecule has 3 N–H and O–H groups in total. The number of hydrogen-bond donors (Lipinski definition) is 3. The van der Waals surface area contributed by atoms with Gasteiger partial charge in [0.2, 0.25) is 15.2 Å². The summed E-state index contributed by atoms with van der Waals surface area (Å²) in [6, 6.07) is 18.1. The van der Waals surface area contributed by atoms with Gasteiger partial charge in [-0.2, -0.15) is 9.36 Å². The number of nitrogens with zero attached hydrogens (tertiary/aromatic N) is 4. The van der Waals surface area contributed by atoms with Crippen LogP contribution in [0.2, 0.25) is 0 Å².